The van der Waals surface area contributed by atoms with E-state index in [1.165, 1.54) is 24.0 Å². The fraction of sp³-hybridized carbons (Fsp3) is 0.833. The van der Waals surface area contributed by atoms with E-state index in [0.29, 0.717) is 6.04 Å². The first-order chi connectivity index (χ1) is 9.24. The largest absolute Gasteiger partial charge is 0.338 e. The van der Waals surface area contributed by atoms with Gasteiger partial charge < -0.3 is 4.90 Å². The van der Waals surface area contributed by atoms with Crippen molar-refractivity contribution in [1.29, 1.82) is 0 Å². The van der Waals surface area contributed by atoms with Crippen molar-refractivity contribution >= 4 is 5.91 Å². The Hall–Kier alpha value is -1.50. The monoisotopic (exact) mass is 266 g/mol. The minimum absolute atomic E-state index is 0.0715. The van der Waals surface area contributed by atoms with Crippen LogP contribution in [0.15, 0.2) is 6.33 Å². The van der Waals surface area contributed by atoms with E-state index in [2.05, 4.69) is 34.2 Å². The zero-order chi connectivity index (χ0) is 13.7. The molecule has 0 unspecified atom stereocenters. The fourth-order valence-electron chi connectivity index (χ4n) is 2.62. The Morgan fingerprint density at radius 1 is 1.21 bits per heavy atom. The second-order valence-electron chi connectivity index (χ2n) is 4.85. The summed E-state index contributed by atoms with van der Waals surface area (Å²) < 4.78 is 0. The van der Waals surface area contributed by atoms with Crippen LogP contribution in [-0.2, 0) is 11.3 Å². The van der Waals surface area contributed by atoms with Gasteiger partial charge in [0.25, 0.3) is 0 Å². The van der Waals surface area contributed by atoms with E-state index in [9.17, 15) is 4.79 Å². The number of amides is 1. The van der Waals surface area contributed by atoms with E-state index >= 15 is 0 Å². The van der Waals surface area contributed by atoms with Crippen LogP contribution < -0.4 is 0 Å². The van der Waals surface area contributed by atoms with Gasteiger partial charge in [-0.3, -0.25) is 9.69 Å². The number of tetrazole rings is 1. The van der Waals surface area contributed by atoms with Crippen LogP contribution >= 0.6 is 0 Å². The van der Waals surface area contributed by atoms with Gasteiger partial charge in [-0.15, -0.1) is 10.2 Å². The Balaban J connectivity index is 1.81. The zero-order valence-corrected chi connectivity index (χ0v) is 11.7. The average molecular weight is 266 g/mol. The molecule has 2 heterocycles. The molecule has 2 rings (SSSR count). The Morgan fingerprint density at radius 2 is 1.89 bits per heavy atom. The van der Waals surface area contributed by atoms with Crippen LogP contribution in [0.1, 0.15) is 26.7 Å². The van der Waals surface area contributed by atoms with Crippen molar-refractivity contribution in [3.63, 3.8) is 0 Å². The van der Waals surface area contributed by atoms with Gasteiger partial charge in [-0.1, -0.05) is 13.8 Å². The molecule has 0 saturated carbocycles. The second-order valence-corrected chi connectivity index (χ2v) is 4.85. The van der Waals surface area contributed by atoms with Crippen molar-refractivity contribution in [2.24, 2.45) is 0 Å². The molecule has 7 heteroatoms. The number of aromatic nitrogens is 4. The number of piperazine rings is 1. The Morgan fingerprint density at radius 3 is 2.42 bits per heavy atom. The van der Waals surface area contributed by atoms with E-state index in [1.807, 2.05) is 4.90 Å². The summed E-state index contributed by atoms with van der Waals surface area (Å²) in [6.45, 7) is 8.15. The molecule has 19 heavy (non-hydrogen) atoms. The van der Waals surface area contributed by atoms with Crippen molar-refractivity contribution < 1.29 is 4.79 Å². The maximum atomic E-state index is 12.1. The SMILES string of the molecule is CCC(CC)N1CCN(C(=O)Cn2ncnn2)CC1. The van der Waals surface area contributed by atoms with Crippen molar-refractivity contribution in [3.05, 3.63) is 6.33 Å². The standard InChI is InChI=1S/C12H22N6O/c1-3-11(4-2)16-5-7-17(8-6-16)12(19)9-18-14-10-13-15-18/h10-11H,3-9H2,1-2H3. The molecule has 1 amide bonds. The number of carbonyl (C=O) groups is 1. The molecular weight excluding hydrogens is 244 g/mol. The van der Waals surface area contributed by atoms with Crippen LogP contribution in [0, 0.1) is 0 Å². The first-order valence-electron chi connectivity index (χ1n) is 6.97. The number of nitrogens with zero attached hydrogens (tertiary/aromatic N) is 6. The van der Waals surface area contributed by atoms with Gasteiger partial charge in [0.15, 0.2) is 6.33 Å². The fourth-order valence-corrected chi connectivity index (χ4v) is 2.62. The summed E-state index contributed by atoms with van der Waals surface area (Å²) in [6.07, 6.45) is 3.69. The summed E-state index contributed by atoms with van der Waals surface area (Å²) in [5.74, 6) is 0.0715. The maximum absolute atomic E-state index is 12.1. The first kappa shape index (κ1) is 13.9. The molecule has 7 nitrogen and oxygen atoms in total. The average Bonchev–Trinajstić information content (AvgIpc) is 2.94. The lowest BCUT2D eigenvalue weighted by Crippen LogP contribution is -2.52. The molecule has 1 aromatic rings. The number of carbonyl (C=O) groups excluding carboxylic acids is 1. The Labute approximate surface area is 113 Å². The lowest BCUT2D eigenvalue weighted by molar-refractivity contribution is -0.134. The molecule has 1 saturated heterocycles. The molecule has 1 aliphatic heterocycles. The molecule has 0 atom stereocenters. The van der Waals surface area contributed by atoms with Gasteiger partial charge in [-0.05, 0) is 18.1 Å². The van der Waals surface area contributed by atoms with Crippen LogP contribution in [0.2, 0.25) is 0 Å². The molecule has 0 N–H and O–H groups in total. The van der Waals surface area contributed by atoms with Crippen LogP contribution in [0.5, 0.6) is 0 Å². The molecule has 1 aliphatic rings. The van der Waals surface area contributed by atoms with Gasteiger partial charge >= 0.3 is 0 Å². The van der Waals surface area contributed by atoms with Gasteiger partial charge in [0, 0.05) is 32.2 Å². The van der Waals surface area contributed by atoms with Crippen molar-refractivity contribution in [2.75, 3.05) is 26.2 Å². The van der Waals surface area contributed by atoms with Crippen LogP contribution in [-0.4, -0.2) is 68.1 Å². The van der Waals surface area contributed by atoms with Gasteiger partial charge in [0.05, 0.1) is 0 Å². The topological polar surface area (TPSA) is 67.2 Å². The highest BCUT2D eigenvalue weighted by molar-refractivity contribution is 5.75. The van der Waals surface area contributed by atoms with E-state index < -0.39 is 0 Å². The van der Waals surface area contributed by atoms with E-state index in [4.69, 9.17) is 0 Å². The van der Waals surface area contributed by atoms with Gasteiger partial charge in [0.2, 0.25) is 5.91 Å². The highest BCUT2D eigenvalue weighted by atomic mass is 16.2. The van der Waals surface area contributed by atoms with Crippen LogP contribution in [0.3, 0.4) is 0 Å². The van der Waals surface area contributed by atoms with Gasteiger partial charge in [-0.25, -0.2) is 0 Å². The summed E-state index contributed by atoms with van der Waals surface area (Å²) in [6, 6.07) is 0.647. The number of hydrogen-bond donors (Lipinski definition) is 0. The van der Waals surface area contributed by atoms with Crippen LogP contribution in [0.25, 0.3) is 0 Å². The predicted molar refractivity (Wildman–Crippen MR) is 70.3 cm³/mol. The lowest BCUT2D eigenvalue weighted by Gasteiger charge is -2.38. The molecule has 0 bridgehead atoms. The van der Waals surface area contributed by atoms with Gasteiger partial charge in [-0.2, -0.15) is 4.80 Å². The summed E-state index contributed by atoms with van der Waals surface area (Å²) >= 11 is 0. The zero-order valence-electron chi connectivity index (χ0n) is 11.7. The normalized spacial score (nSPS) is 17.1. The highest BCUT2D eigenvalue weighted by Crippen LogP contribution is 2.12. The molecule has 1 fully saturated rings. The van der Waals surface area contributed by atoms with Crippen molar-refractivity contribution in [2.45, 2.75) is 39.3 Å². The highest BCUT2D eigenvalue weighted by Gasteiger charge is 2.24. The quantitative estimate of drug-likeness (QED) is 0.751. The second kappa shape index (κ2) is 6.60. The third kappa shape index (κ3) is 3.50. The van der Waals surface area contributed by atoms with Crippen LogP contribution in [0.4, 0.5) is 0 Å². The first-order valence-corrected chi connectivity index (χ1v) is 6.97. The molecule has 0 radical (unpaired) electrons. The molecule has 0 spiro atoms. The van der Waals surface area contributed by atoms with E-state index in [0.717, 1.165) is 26.2 Å². The van der Waals surface area contributed by atoms with Crippen molar-refractivity contribution in [3.8, 4) is 0 Å². The smallest absolute Gasteiger partial charge is 0.246 e. The van der Waals surface area contributed by atoms with Gasteiger partial charge in [0.1, 0.15) is 6.54 Å². The van der Waals surface area contributed by atoms with E-state index in [-0.39, 0.29) is 12.5 Å². The number of rotatable bonds is 5. The molecule has 0 aromatic carbocycles. The third-order valence-electron chi connectivity index (χ3n) is 3.79. The summed E-state index contributed by atoms with van der Waals surface area (Å²) in [5.41, 5.74) is 0. The Kier molecular flexibility index (Phi) is 4.84. The molecular formula is C12H22N6O. The summed E-state index contributed by atoms with van der Waals surface area (Å²) in [7, 11) is 0. The number of hydrogen-bond acceptors (Lipinski definition) is 5. The summed E-state index contributed by atoms with van der Waals surface area (Å²) in [4.78, 5) is 17.8. The third-order valence-corrected chi connectivity index (χ3v) is 3.79. The molecule has 106 valence electrons. The molecule has 0 aliphatic carbocycles. The maximum Gasteiger partial charge on any atom is 0.246 e. The minimum Gasteiger partial charge on any atom is -0.338 e. The van der Waals surface area contributed by atoms with Crippen molar-refractivity contribution in [1.82, 2.24) is 30.0 Å². The molecule has 1 aromatic heterocycles. The Bertz CT molecular complexity index is 381. The van der Waals surface area contributed by atoms with E-state index in [1.54, 1.807) is 0 Å². The minimum atomic E-state index is 0.0715. The predicted octanol–water partition coefficient (Wildman–Crippen LogP) is 0.00590. The lowest BCUT2D eigenvalue weighted by atomic mass is 10.1. The summed E-state index contributed by atoms with van der Waals surface area (Å²) in [5, 5.41) is 11.2.